The first-order valence-electron chi connectivity index (χ1n) is 6.71. The predicted octanol–water partition coefficient (Wildman–Crippen LogP) is 1.61. The van der Waals surface area contributed by atoms with Crippen LogP contribution in [0.25, 0.3) is 0 Å². The minimum Gasteiger partial charge on any atom is -0.493 e. The van der Waals surface area contributed by atoms with Gasteiger partial charge in [0.05, 0.1) is 26.9 Å². The van der Waals surface area contributed by atoms with Crippen LogP contribution >= 0.6 is 0 Å². The summed E-state index contributed by atoms with van der Waals surface area (Å²) in [5.74, 6) is 1.47. The van der Waals surface area contributed by atoms with E-state index in [1.54, 1.807) is 44.4 Å². The number of amides is 1. The Morgan fingerprint density at radius 1 is 1.35 bits per heavy atom. The normalized spacial score (nSPS) is 15.6. The van der Waals surface area contributed by atoms with Gasteiger partial charge in [-0.25, -0.2) is 0 Å². The maximum Gasteiger partial charge on any atom is 0.225 e. The van der Waals surface area contributed by atoms with Crippen LogP contribution in [0.15, 0.2) is 18.2 Å². The fraction of sp³-hybridized carbons (Fsp3) is 0.533. The van der Waals surface area contributed by atoms with Gasteiger partial charge in [0.15, 0.2) is 11.5 Å². The zero-order chi connectivity index (χ0) is 14.7. The standard InChI is InChI=1S/C15H21NO4/c1-16(15(18)10-4-5-10)9-12(17)11-6-7-13(19-2)14(8-11)20-3/h6-8,10,12,17H,4-5,9H2,1-3H3. The number of likely N-dealkylation sites (N-methyl/N-ethyl adjacent to an activating group) is 1. The lowest BCUT2D eigenvalue weighted by atomic mass is 10.1. The SMILES string of the molecule is COc1ccc(C(O)CN(C)C(=O)C2CC2)cc1OC. The van der Waals surface area contributed by atoms with Crippen molar-refractivity contribution in [2.24, 2.45) is 5.92 Å². The summed E-state index contributed by atoms with van der Waals surface area (Å²) in [7, 11) is 4.84. The second-order valence-corrected chi connectivity index (χ2v) is 5.12. The van der Waals surface area contributed by atoms with Crippen molar-refractivity contribution in [1.82, 2.24) is 4.90 Å². The maximum atomic E-state index is 11.9. The Morgan fingerprint density at radius 2 is 2.00 bits per heavy atom. The summed E-state index contributed by atoms with van der Waals surface area (Å²) in [4.78, 5) is 13.5. The van der Waals surface area contributed by atoms with Crippen molar-refractivity contribution in [2.45, 2.75) is 18.9 Å². The molecule has 0 aliphatic heterocycles. The van der Waals surface area contributed by atoms with Gasteiger partial charge in [0, 0.05) is 13.0 Å². The molecule has 20 heavy (non-hydrogen) atoms. The van der Waals surface area contributed by atoms with Gasteiger partial charge in [0.25, 0.3) is 0 Å². The van der Waals surface area contributed by atoms with E-state index in [1.165, 1.54) is 0 Å². The molecule has 1 aromatic rings. The van der Waals surface area contributed by atoms with Gasteiger partial charge in [-0.2, -0.15) is 0 Å². The average molecular weight is 279 g/mol. The van der Waals surface area contributed by atoms with Gasteiger partial charge < -0.3 is 19.5 Å². The van der Waals surface area contributed by atoms with E-state index in [-0.39, 0.29) is 18.4 Å². The third kappa shape index (κ3) is 3.22. The summed E-state index contributed by atoms with van der Waals surface area (Å²) >= 11 is 0. The van der Waals surface area contributed by atoms with Gasteiger partial charge in [0.1, 0.15) is 0 Å². The molecule has 1 atom stereocenters. The number of hydrogen-bond donors (Lipinski definition) is 1. The zero-order valence-electron chi connectivity index (χ0n) is 12.1. The van der Waals surface area contributed by atoms with E-state index in [0.29, 0.717) is 17.1 Å². The Morgan fingerprint density at radius 3 is 2.55 bits per heavy atom. The van der Waals surface area contributed by atoms with Crippen LogP contribution < -0.4 is 9.47 Å². The number of methoxy groups -OCH3 is 2. The van der Waals surface area contributed by atoms with Crippen molar-refractivity contribution in [3.8, 4) is 11.5 Å². The lowest BCUT2D eigenvalue weighted by molar-refractivity contribution is -0.132. The molecule has 110 valence electrons. The number of rotatable bonds is 6. The van der Waals surface area contributed by atoms with E-state index < -0.39 is 6.10 Å². The quantitative estimate of drug-likeness (QED) is 0.859. The minimum absolute atomic E-state index is 0.115. The Labute approximate surface area is 119 Å². The Hall–Kier alpha value is -1.75. The van der Waals surface area contributed by atoms with E-state index in [0.717, 1.165) is 12.8 Å². The summed E-state index contributed by atoms with van der Waals surface area (Å²) in [6.07, 6.45) is 1.20. The van der Waals surface area contributed by atoms with E-state index in [4.69, 9.17) is 9.47 Å². The first kappa shape index (κ1) is 14.7. The highest BCUT2D eigenvalue weighted by atomic mass is 16.5. The fourth-order valence-corrected chi connectivity index (χ4v) is 2.16. The van der Waals surface area contributed by atoms with Gasteiger partial charge >= 0.3 is 0 Å². The molecule has 1 unspecified atom stereocenters. The summed E-state index contributed by atoms with van der Waals surface area (Å²) in [6.45, 7) is 0.283. The molecule has 0 bridgehead atoms. The highest BCUT2D eigenvalue weighted by Crippen LogP contribution is 2.32. The van der Waals surface area contributed by atoms with Crippen LogP contribution in [-0.4, -0.2) is 43.7 Å². The minimum atomic E-state index is -0.734. The van der Waals surface area contributed by atoms with Gasteiger partial charge in [-0.15, -0.1) is 0 Å². The molecule has 0 saturated heterocycles. The van der Waals surface area contributed by atoms with Crippen LogP contribution in [0.4, 0.5) is 0 Å². The number of aliphatic hydroxyl groups excluding tert-OH is 1. The summed E-state index contributed by atoms with van der Waals surface area (Å²) in [5.41, 5.74) is 0.707. The molecule has 1 amide bonds. The summed E-state index contributed by atoms with van der Waals surface area (Å²) in [6, 6.07) is 5.26. The van der Waals surface area contributed by atoms with Gasteiger partial charge in [-0.05, 0) is 30.5 Å². The van der Waals surface area contributed by atoms with E-state index in [2.05, 4.69) is 0 Å². The average Bonchev–Trinajstić information content (AvgIpc) is 3.30. The van der Waals surface area contributed by atoms with Crippen molar-refractivity contribution in [3.05, 3.63) is 23.8 Å². The monoisotopic (exact) mass is 279 g/mol. The topological polar surface area (TPSA) is 59.0 Å². The second kappa shape index (κ2) is 6.13. The Kier molecular flexibility index (Phi) is 4.49. The number of carbonyl (C=O) groups excluding carboxylic acids is 1. The smallest absolute Gasteiger partial charge is 0.225 e. The van der Waals surface area contributed by atoms with Crippen LogP contribution in [0, 0.1) is 5.92 Å². The van der Waals surface area contributed by atoms with Crippen molar-refractivity contribution in [2.75, 3.05) is 27.8 Å². The van der Waals surface area contributed by atoms with Gasteiger partial charge in [-0.3, -0.25) is 4.79 Å². The van der Waals surface area contributed by atoms with E-state index in [1.807, 2.05) is 0 Å². The fourth-order valence-electron chi connectivity index (χ4n) is 2.16. The Bertz CT molecular complexity index is 485. The molecule has 5 heteroatoms. The lowest BCUT2D eigenvalue weighted by Crippen LogP contribution is -2.32. The molecule has 1 N–H and O–H groups in total. The lowest BCUT2D eigenvalue weighted by Gasteiger charge is -2.21. The van der Waals surface area contributed by atoms with Crippen LogP contribution in [0.2, 0.25) is 0 Å². The van der Waals surface area contributed by atoms with Crippen molar-refractivity contribution in [3.63, 3.8) is 0 Å². The number of carbonyl (C=O) groups is 1. The first-order valence-corrected chi connectivity index (χ1v) is 6.71. The number of ether oxygens (including phenoxy) is 2. The molecule has 0 radical (unpaired) electrons. The number of benzene rings is 1. The van der Waals surface area contributed by atoms with Crippen LogP contribution in [0.5, 0.6) is 11.5 Å². The van der Waals surface area contributed by atoms with E-state index in [9.17, 15) is 9.90 Å². The molecule has 0 heterocycles. The summed E-state index contributed by atoms with van der Waals surface area (Å²) in [5, 5.41) is 10.2. The van der Waals surface area contributed by atoms with Crippen molar-refractivity contribution in [1.29, 1.82) is 0 Å². The van der Waals surface area contributed by atoms with Crippen LogP contribution in [0.1, 0.15) is 24.5 Å². The molecule has 1 saturated carbocycles. The molecule has 1 aliphatic rings. The molecule has 5 nitrogen and oxygen atoms in total. The molecule has 1 aromatic carbocycles. The van der Waals surface area contributed by atoms with E-state index >= 15 is 0 Å². The molecule has 1 fully saturated rings. The zero-order valence-corrected chi connectivity index (χ0v) is 12.1. The molecular formula is C15H21NO4. The molecule has 0 aromatic heterocycles. The van der Waals surface area contributed by atoms with Crippen molar-refractivity contribution < 1.29 is 19.4 Å². The largest absolute Gasteiger partial charge is 0.493 e. The van der Waals surface area contributed by atoms with Crippen molar-refractivity contribution >= 4 is 5.91 Å². The third-order valence-corrected chi connectivity index (χ3v) is 3.54. The molecule has 2 rings (SSSR count). The van der Waals surface area contributed by atoms with Crippen LogP contribution in [-0.2, 0) is 4.79 Å². The molecule has 0 spiro atoms. The maximum absolute atomic E-state index is 11.9. The van der Waals surface area contributed by atoms with Gasteiger partial charge in [0.2, 0.25) is 5.91 Å². The Balaban J connectivity index is 2.04. The predicted molar refractivity (Wildman–Crippen MR) is 74.9 cm³/mol. The van der Waals surface area contributed by atoms with Gasteiger partial charge in [-0.1, -0.05) is 6.07 Å². The molecular weight excluding hydrogens is 258 g/mol. The second-order valence-electron chi connectivity index (χ2n) is 5.12. The number of aliphatic hydroxyl groups is 1. The highest BCUT2D eigenvalue weighted by molar-refractivity contribution is 5.80. The van der Waals surface area contributed by atoms with Crippen LogP contribution in [0.3, 0.4) is 0 Å². The first-order chi connectivity index (χ1) is 9.56. The number of hydrogen-bond acceptors (Lipinski definition) is 4. The third-order valence-electron chi connectivity index (χ3n) is 3.54. The summed E-state index contributed by atoms with van der Waals surface area (Å²) < 4.78 is 10.4. The number of nitrogens with zero attached hydrogens (tertiary/aromatic N) is 1. The highest BCUT2D eigenvalue weighted by Gasteiger charge is 2.32. The molecule has 1 aliphatic carbocycles.